The minimum atomic E-state index is 0.827. The molecular weight excluding hydrogens is 218 g/mol. The van der Waals surface area contributed by atoms with Gasteiger partial charge in [-0.1, -0.05) is 51.8 Å². The van der Waals surface area contributed by atoms with E-state index in [1.54, 1.807) is 0 Å². The molecule has 1 aromatic carbocycles. The van der Waals surface area contributed by atoms with E-state index in [1.807, 2.05) is 0 Å². The maximum Gasteiger partial charge on any atom is 0.0480 e. The lowest BCUT2D eigenvalue weighted by molar-refractivity contribution is 0.408. The maximum atomic E-state index is 2.39. The average molecular weight is 243 g/mol. The highest BCUT2D eigenvalue weighted by Gasteiger charge is 2.05. The van der Waals surface area contributed by atoms with Crippen LogP contribution in [-0.4, -0.2) is 4.57 Å². The summed E-state index contributed by atoms with van der Waals surface area (Å²) in [6, 6.07) is 10.9. The van der Waals surface area contributed by atoms with E-state index >= 15 is 0 Å². The van der Waals surface area contributed by atoms with Crippen molar-refractivity contribution in [3.63, 3.8) is 0 Å². The van der Waals surface area contributed by atoms with Gasteiger partial charge in [0.05, 0.1) is 0 Å². The standard InChI is InChI=1S/C17H25N/c1-14(2)8-9-15(3)10-12-18-13-11-16-6-4-5-7-17(16)18/h4-7,11,13-15H,8-10,12H2,1-3H3. The number of aryl methyl sites for hydroxylation is 1. The first-order valence-electron chi connectivity index (χ1n) is 7.20. The molecule has 0 fully saturated rings. The second-order valence-corrected chi connectivity index (χ2v) is 5.93. The van der Waals surface area contributed by atoms with Crippen molar-refractivity contribution in [2.75, 3.05) is 0 Å². The molecule has 2 aromatic rings. The molecule has 0 N–H and O–H groups in total. The molecule has 18 heavy (non-hydrogen) atoms. The van der Waals surface area contributed by atoms with Crippen molar-refractivity contribution in [3.8, 4) is 0 Å². The van der Waals surface area contributed by atoms with Crippen LogP contribution in [0.3, 0.4) is 0 Å². The highest BCUT2D eigenvalue weighted by Crippen LogP contribution is 2.19. The molecule has 0 amide bonds. The highest BCUT2D eigenvalue weighted by atomic mass is 14.9. The summed E-state index contributed by atoms with van der Waals surface area (Å²) in [5.41, 5.74) is 1.37. The lowest BCUT2D eigenvalue weighted by Crippen LogP contribution is -2.04. The largest absolute Gasteiger partial charge is 0.347 e. The molecule has 98 valence electrons. The summed E-state index contributed by atoms with van der Waals surface area (Å²) < 4.78 is 2.39. The molecular formula is C17H25N. The Kier molecular flexibility index (Phi) is 4.46. The van der Waals surface area contributed by atoms with Crippen LogP contribution in [0.5, 0.6) is 0 Å². The van der Waals surface area contributed by atoms with Gasteiger partial charge in [-0.3, -0.25) is 0 Å². The number of fused-ring (bicyclic) bond motifs is 1. The normalized spacial score (nSPS) is 13.3. The van der Waals surface area contributed by atoms with E-state index in [0.717, 1.165) is 18.4 Å². The van der Waals surface area contributed by atoms with Crippen LogP contribution in [0.25, 0.3) is 10.9 Å². The summed E-state index contributed by atoms with van der Waals surface area (Å²) in [7, 11) is 0. The first kappa shape index (κ1) is 13.2. The van der Waals surface area contributed by atoms with Crippen LogP contribution in [-0.2, 0) is 6.54 Å². The Morgan fingerprint density at radius 3 is 2.50 bits per heavy atom. The molecule has 0 spiro atoms. The topological polar surface area (TPSA) is 4.93 Å². The zero-order chi connectivity index (χ0) is 13.0. The van der Waals surface area contributed by atoms with Gasteiger partial charge in [-0.2, -0.15) is 0 Å². The molecule has 2 rings (SSSR count). The highest BCUT2D eigenvalue weighted by molar-refractivity contribution is 5.79. The maximum absolute atomic E-state index is 2.39. The van der Waals surface area contributed by atoms with Gasteiger partial charge in [-0.25, -0.2) is 0 Å². The van der Waals surface area contributed by atoms with Gasteiger partial charge >= 0.3 is 0 Å². The number of benzene rings is 1. The average Bonchev–Trinajstić information content (AvgIpc) is 2.77. The summed E-state index contributed by atoms with van der Waals surface area (Å²) in [6.07, 6.45) is 6.22. The zero-order valence-electron chi connectivity index (χ0n) is 11.9. The molecule has 0 aliphatic carbocycles. The molecule has 0 saturated heterocycles. The summed E-state index contributed by atoms with van der Waals surface area (Å²) in [5, 5.41) is 1.35. The van der Waals surface area contributed by atoms with E-state index in [-0.39, 0.29) is 0 Å². The van der Waals surface area contributed by atoms with Gasteiger partial charge in [-0.15, -0.1) is 0 Å². The minimum Gasteiger partial charge on any atom is -0.347 e. The van der Waals surface area contributed by atoms with Crippen molar-refractivity contribution in [3.05, 3.63) is 36.5 Å². The van der Waals surface area contributed by atoms with Crippen LogP contribution in [0.4, 0.5) is 0 Å². The molecule has 1 aromatic heterocycles. The van der Waals surface area contributed by atoms with Gasteiger partial charge in [0.1, 0.15) is 0 Å². The Balaban J connectivity index is 1.90. The van der Waals surface area contributed by atoms with Crippen molar-refractivity contribution < 1.29 is 0 Å². The number of para-hydroxylation sites is 1. The number of hydrogen-bond acceptors (Lipinski definition) is 0. The van der Waals surface area contributed by atoms with E-state index in [1.165, 1.54) is 30.2 Å². The minimum absolute atomic E-state index is 0.827. The van der Waals surface area contributed by atoms with Gasteiger partial charge in [0, 0.05) is 18.3 Å². The molecule has 1 atom stereocenters. The lowest BCUT2D eigenvalue weighted by atomic mass is 9.97. The van der Waals surface area contributed by atoms with Crippen molar-refractivity contribution in [2.45, 2.75) is 46.6 Å². The third-order valence-electron chi connectivity index (χ3n) is 3.78. The van der Waals surface area contributed by atoms with Crippen LogP contribution in [0.1, 0.15) is 40.0 Å². The summed E-state index contributed by atoms with van der Waals surface area (Å²) in [6.45, 7) is 8.15. The predicted octanol–water partition coefficient (Wildman–Crippen LogP) is 5.10. The van der Waals surface area contributed by atoms with Gasteiger partial charge in [0.15, 0.2) is 0 Å². The van der Waals surface area contributed by atoms with Gasteiger partial charge in [0.25, 0.3) is 0 Å². The van der Waals surface area contributed by atoms with E-state index in [0.29, 0.717) is 0 Å². The van der Waals surface area contributed by atoms with Crippen molar-refractivity contribution in [2.24, 2.45) is 11.8 Å². The van der Waals surface area contributed by atoms with E-state index in [9.17, 15) is 0 Å². The summed E-state index contributed by atoms with van der Waals surface area (Å²) >= 11 is 0. The van der Waals surface area contributed by atoms with Crippen LogP contribution >= 0.6 is 0 Å². The molecule has 0 bridgehead atoms. The van der Waals surface area contributed by atoms with E-state index < -0.39 is 0 Å². The summed E-state index contributed by atoms with van der Waals surface area (Å²) in [4.78, 5) is 0. The Morgan fingerprint density at radius 1 is 0.944 bits per heavy atom. The fraction of sp³-hybridized carbons (Fsp3) is 0.529. The fourth-order valence-electron chi connectivity index (χ4n) is 2.46. The Morgan fingerprint density at radius 2 is 1.72 bits per heavy atom. The first-order valence-corrected chi connectivity index (χ1v) is 7.20. The Hall–Kier alpha value is -1.24. The van der Waals surface area contributed by atoms with Gasteiger partial charge < -0.3 is 4.57 Å². The second-order valence-electron chi connectivity index (χ2n) is 5.93. The number of aromatic nitrogens is 1. The molecule has 0 aliphatic rings. The predicted molar refractivity (Wildman–Crippen MR) is 79.8 cm³/mol. The van der Waals surface area contributed by atoms with E-state index in [4.69, 9.17) is 0 Å². The number of rotatable bonds is 6. The third kappa shape index (κ3) is 3.38. The van der Waals surface area contributed by atoms with Gasteiger partial charge in [-0.05, 0) is 35.8 Å². The van der Waals surface area contributed by atoms with Crippen LogP contribution in [0.15, 0.2) is 36.5 Å². The monoisotopic (exact) mass is 243 g/mol. The van der Waals surface area contributed by atoms with Gasteiger partial charge in [0.2, 0.25) is 0 Å². The van der Waals surface area contributed by atoms with Crippen LogP contribution in [0.2, 0.25) is 0 Å². The van der Waals surface area contributed by atoms with E-state index in [2.05, 4.69) is 61.9 Å². The molecule has 0 radical (unpaired) electrons. The summed E-state index contributed by atoms with van der Waals surface area (Å²) in [5.74, 6) is 1.66. The molecule has 0 aliphatic heterocycles. The van der Waals surface area contributed by atoms with Crippen LogP contribution in [0, 0.1) is 11.8 Å². The van der Waals surface area contributed by atoms with Crippen LogP contribution < -0.4 is 0 Å². The Labute approximate surface area is 111 Å². The van der Waals surface area contributed by atoms with Crippen molar-refractivity contribution in [1.82, 2.24) is 4.57 Å². The number of hydrogen-bond donors (Lipinski definition) is 0. The fourth-order valence-corrected chi connectivity index (χ4v) is 2.46. The molecule has 0 saturated carbocycles. The number of nitrogens with zero attached hydrogens (tertiary/aromatic N) is 1. The SMILES string of the molecule is CC(C)CCC(C)CCn1ccc2ccccc21. The third-order valence-corrected chi connectivity index (χ3v) is 3.78. The van der Waals surface area contributed by atoms with Crippen molar-refractivity contribution in [1.29, 1.82) is 0 Å². The Bertz CT molecular complexity index is 481. The molecule has 1 unspecified atom stereocenters. The quantitative estimate of drug-likeness (QED) is 0.665. The molecule has 1 heteroatoms. The van der Waals surface area contributed by atoms with Crippen molar-refractivity contribution >= 4 is 10.9 Å². The lowest BCUT2D eigenvalue weighted by Gasteiger charge is -2.14. The molecule has 1 nitrogen and oxygen atoms in total. The molecule has 1 heterocycles. The smallest absolute Gasteiger partial charge is 0.0480 e. The zero-order valence-corrected chi connectivity index (χ0v) is 11.9. The second kappa shape index (κ2) is 6.08. The first-order chi connectivity index (χ1) is 8.66.